The number of hydrogen-bond acceptors (Lipinski definition) is 7. The van der Waals surface area contributed by atoms with Crippen LogP contribution in [0.25, 0.3) is 0 Å². The van der Waals surface area contributed by atoms with Crippen molar-refractivity contribution in [3.8, 4) is 0 Å². The van der Waals surface area contributed by atoms with Crippen molar-refractivity contribution in [2.45, 2.75) is 37.4 Å². The van der Waals surface area contributed by atoms with E-state index >= 15 is 0 Å². The van der Waals surface area contributed by atoms with E-state index < -0.39 is 29.1 Å². The molecular weight excluding hydrogens is 480 g/mol. The van der Waals surface area contributed by atoms with Gasteiger partial charge in [-0.05, 0) is 37.1 Å². The Morgan fingerprint density at radius 3 is 2.66 bits per heavy atom. The summed E-state index contributed by atoms with van der Waals surface area (Å²) in [5.74, 6) is -2.44. The molecule has 180 valence electrons. The SMILES string of the molecule is O=C(COC(=O)[C@@]12CCC(=O)N1c1ccccc1C(=O)N2C1CC1)Nc1cc(Cl)ccc1[N+](=O)[O-]. The van der Waals surface area contributed by atoms with Crippen molar-refractivity contribution in [3.63, 3.8) is 0 Å². The summed E-state index contributed by atoms with van der Waals surface area (Å²) in [6, 6.07) is 10.0. The van der Waals surface area contributed by atoms with Crippen LogP contribution in [-0.4, -0.2) is 51.8 Å². The van der Waals surface area contributed by atoms with Gasteiger partial charge >= 0.3 is 5.97 Å². The Morgan fingerprint density at radius 1 is 1.20 bits per heavy atom. The van der Waals surface area contributed by atoms with Gasteiger partial charge in [-0.3, -0.25) is 29.4 Å². The Bertz CT molecular complexity index is 1290. The zero-order valence-corrected chi connectivity index (χ0v) is 19.0. The van der Waals surface area contributed by atoms with E-state index in [0.29, 0.717) is 24.1 Å². The summed E-state index contributed by atoms with van der Waals surface area (Å²) in [7, 11) is 0. The van der Waals surface area contributed by atoms with Crippen LogP contribution in [0.5, 0.6) is 0 Å². The highest BCUT2D eigenvalue weighted by atomic mass is 35.5. The number of nitro benzene ring substituents is 1. The molecule has 1 saturated heterocycles. The first-order valence-corrected chi connectivity index (χ1v) is 11.3. The lowest BCUT2D eigenvalue weighted by molar-refractivity contribution is -0.383. The second-order valence-corrected chi connectivity index (χ2v) is 8.95. The van der Waals surface area contributed by atoms with Crippen LogP contribution < -0.4 is 10.2 Å². The molecule has 11 nitrogen and oxygen atoms in total. The number of benzene rings is 2. The number of rotatable bonds is 6. The van der Waals surface area contributed by atoms with Gasteiger partial charge < -0.3 is 15.0 Å². The topological polar surface area (TPSA) is 139 Å². The lowest BCUT2D eigenvalue weighted by Gasteiger charge is -2.48. The highest BCUT2D eigenvalue weighted by Gasteiger charge is 2.64. The normalized spacial score (nSPS) is 20.8. The molecule has 1 aliphatic carbocycles. The monoisotopic (exact) mass is 498 g/mol. The summed E-state index contributed by atoms with van der Waals surface area (Å²) in [4.78, 5) is 65.6. The van der Waals surface area contributed by atoms with Gasteiger partial charge in [-0.15, -0.1) is 0 Å². The molecule has 12 heteroatoms. The summed E-state index contributed by atoms with van der Waals surface area (Å²) in [5.41, 5.74) is -1.57. The number of ether oxygens (including phenoxy) is 1. The smallest absolute Gasteiger partial charge is 0.354 e. The number of nitrogens with one attached hydrogen (secondary N) is 1. The van der Waals surface area contributed by atoms with Gasteiger partial charge in [0.15, 0.2) is 6.61 Å². The summed E-state index contributed by atoms with van der Waals surface area (Å²) in [5, 5.41) is 13.7. The van der Waals surface area contributed by atoms with Crippen molar-refractivity contribution in [2.75, 3.05) is 16.8 Å². The number of esters is 1. The minimum atomic E-state index is -1.69. The van der Waals surface area contributed by atoms with Crippen molar-refractivity contribution in [1.82, 2.24) is 4.90 Å². The molecule has 0 aromatic heterocycles. The standard InChI is InChI=1S/C23H19ClN4O7/c24-13-5-8-18(28(33)34)16(11-13)25-19(29)12-35-22(32)23-10-9-20(30)27(23)17-4-2-1-3-15(17)21(31)26(23)14-6-7-14/h1-5,8,11,14H,6-7,9-10,12H2,(H,25,29)/t23-/m1/s1. The Labute approximate surface area is 203 Å². The molecule has 0 bridgehead atoms. The number of nitrogens with zero attached hydrogens (tertiary/aromatic N) is 3. The summed E-state index contributed by atoms with van der Waals surface area (Å²) in [6.07, 6.45) is 1.43. The molecule has 1 saturated carbocycles. The molecule has 1 atom stereocenters. The Morgan fingerprint density at radius 2 is 1.94 bits per heavy atom. The van der Waals surface area contributed by atoms with E-state index in [-0.39, 0.29) is 47.1 Å². The molecule has 0 spiro atoms. The number of anilines is 2. The molecule has 2 heterocycles. The number of halogens is 1. The first-order valence-electron chi connectivity index (χ1n) is 10.9. The lowest BCUT2D eigenvalue weighted by Crippen LogP contribution is -2.69. The molecule has 2 fully saturated rings. The van der Waals surface area contributed by atoms with Crippen LogP contribution in [0.4, 0.5) is 17.1 Å². The summed E-state index contributed by atoms with van der Waals surface area (Å²) >= 11 is 5.88. The zero-order chi connectivity index (χ0) is 24.9. The fourth-order valence-electron chi connectivity index (χ4n) is 4.71. The Kier molecular flexibility index (Phi) is 5.43. The highest BCUT2D eigenvalue weighted by molar-refractivity contribution is 6.31. The van der Waals surface area contributed by atoms with Gasteiger partial charge in [0.25, 0.3) is 17.5 Å². The minimum Gasteiger partial charge on any atom is -0.452 e. The Hall–Kier alpha value is -3.99. The maximum atomic E-state index is 13.5. The van der Waals surface area contributed by atoms with Gasteiger partial charge in [-0.1, -0.05) is 23.7 Å². The second kappa shape index (κ2) is 8.35. The highest BCUT2D eigenvalue weighted by Crippen LogP contribution is 2.49. The zero-order valence-electron chi connectivity index (χ0n) is 18.2. The van der Waals surface area contributed by atoms with Gasteiger partial charge in [0.2, 0.25) is 11.6 Å². The van der Waals surface area contributed by atoms with Gasteiger partial charge in [0.1, 0.15) is 5.69 Å². The van der Waals surface area contributed by atoms with Gasteiger partial charge in [-0.2, -0.15) is 0 Å². The molecule has 1 N–H and O–H groups in total. The van der Waals surface area contributed by atoms with Crippen molar-refractivity contribution < 1.29 is 28.8 Å². The van der Waals surface area contributed by atoms with E-state index in [9.17, 15) is 29.3 Å². The van der Waals surface area contributed by atoms with Gasteiger partial charge in [-0.25, -0.2) is 4.79 Å². The number of fused-ring (bicyclic) bond motifs is 3. The number of nitro groups is 1. The van der Waals surface area contributed by atoms with Crippen LogP contribution in [0.3, 0.4) is 0 Å². The molecule has 3 aliphatic rings. The van der Waals surface area contributed by atoms with Crippen LogP contribution in [0.1, 0.15) is 36.0 Å². The number of para-hydroxylation sites is 1. The molecule has 2 aromatic carbocycles. The van der Waals surface area contributed by atoms with Crippen LogP contribution >= 0.6 is 11.6 Å². The molecule has 5 rings (SSSR count). The van der Waals surface area contributed by atoms with E-state index in [1.54, 1.807) is 24.3 Å². The molecule has 3 amide bonds. The largest absolute Gasteiger partial charge is 0.452 e. The molecule has 0 unspecified atom stereocenters. The van der Waals surface area contributed by atoms with Crippen LogP contribution in [-0.2, 0) is 19.1 Å². The van der Waals surface area contributed by atoms with E-state index in [2.05, 4.69) is 5.32 Å². The fraction of sp³-hybridized carbons (Fsp3) is 0.304. The number of amides is 3. The van der Waals surface area contributed by atoms with Crippen molar-refractivity contribution in [2.24, 2.45) is 0 Å². The third-order valence-electron chi connectivity index (χ3n) is 6.30. The van der Waals surface area contributed by atoms with E-state index in [1.165, 1.54) is 21.9 Å². The maximum absolute atomic E-state index is 13.5. The fourth-order valence-corrected chi connectivity index (χ4v) is 4.89. The van der Waals surface area contributed by atoms with Gasteiger partial charge in [0, 0.05) is 30.0 Å². The van der Waals surface area contributed by atoms with Crippen LogP contribution in [0.2, 0.25) is 5.02 Å². The first kappa shape index (κ1) is 22.8. The molecule has 2 aromatic rings. The van der Waals surface area contributed by atoms with Crippen molar-refractivity contribution in [1.29, 1.82) is 0 Å². The van der Waals surface area contributed by atoms with Crippen LogP contribution in [0, 0.1) is 10.1 Å². The number of carbonyl (C=O) groups is 4. The maximum Gasteiger partial charge on any atom is 0.354 e. The third kappa shape index (κ3) is 3.68. The van der Waals surface area contributed by atoms with E-state index in [4.69, 9.17) is 16.3 Å². The van der Waals surface area contributed by atoms with E-state index in [1.807, 2.05) is 0 Å². The third-order valence-corrected chi connectivity index (χ3v) is 6.54. The average Bonchev–Trinajstić information content (AvgIpc) is 3.59. The number of hydrogen-bond donors (Lipinski definition) is 1. The number of carbonyl (C=O) groups excluding carboxylic acids is 4. The van der Waals surface area contributed by atoms with Crippen molar-refractivity contribution >= 4 is 52.4 Å². The molecule has 0 radical (unpaired) electrons. The molecule has 2 aliphatic heterocycles. The Balaban J connectivity index is 1.41. The predicted molar refractivity (Wildman–Crippen MR) is 123 cm³/mol. The van der Waals surface area contributed by atoms with Crippen molar-refractivity contribution in [3.05, 3.63) is 63.2 Å². The average molecular weight is 499 g/mol. The lowest BCUT2D eigenvalue weighted by atomic mass is 9.96. The van der Waals surface area contributed by atoms with E-state index in [0.717, 1.165) is 6.07 Å². The molecular formula is C23H19ClN4O7. The van der Waals surface area contributed by atoms with Gasteiger partial charge in [0.05, 0.1) is 16.2 Å². The summed E-state index contributed by atoms with van der Waals surface area (Å²) < 4.78 is 5.33. The predicted octanol–water partition coefficient (Wildman–Crippen LogP) is 2.87. The van der Waals surface area contributed by atoms with Crippen LogP contribution in [0.15, 0.2) is 42.5 Å². The quantitative estimate of drug-likeness (QED) is 0.367. The minimum absolute atomic E-state index is 0.0286. The second-order valence-electron chi connectivity index (χ2n) is 8.51. The molecule has 35 heavy (non-hydrogen) atoms. The first-order chi connectivity index (χ1) is 16.7. The summed E-state index contributed by atoms with van der Waals surface area (Å²) in [6.45, 7) is -0.777.